The molecule has 0 unspecified atom stereocenters. The smallest absolute Gasteiger partial charge is 0.138 e. The van der Waals surface area contributed by atoms with E-state index >= 15 is 0 Å². The molecule has 1 N–H and O–H groups in total. The second kappa shape index (κ2) is 5.31. The summed E-state index contributed by atoms with van der Waals surface area (Å²) < 4.78 is 2.11. The number of aromatic amines is 1. The number of benzene rings is 2. The summed E-state index contributed by atoms with van der Waals surface area (Å²) in [5, 5.41) is 0. The first-order chi connectivity index (χ1) is 9.24. The lowest BCUT2D eigenvalue weighted by Gasteiger charge is -2.00. The van der Waals surface area contributed by atoms with Crippen LogP contribution in [-0.4, -0.2) is 9.97 Å². The van der Waals surface area contributed by atoms with Crippen molar-refractivity contribution in [2.24, 2.45) is 0 Å². The van der Waals surface area contributed by atoms with Crippen LogP contribution < -0.4 is 0 Å². The minimum atomic E-state index is 0.866. The highest BCUT2D eigenvalue weighted by atomic mass is 79.9. The van der Waals surface area contributed by atoms with Crippen LogP contribution >= 0.6 is 31.9 Å². The molecule has 0 aliphatic heterocycles. The Balaban J connectivity index is 2.00. The van der Waals surface area contributed by atoms with E-state index in [-0.39, 0.29) is 0 Å². The lowest BCUT2D eigenvalue weighted by atomic mass is 10.2. The molecular formula is C15H10Br2N2. The topological polar surface area (TPSA) is 28.7 Å². The van der Waals surface area contributed by atoms with Gasteiger partial charge in [-0.1, -0.05) is 62.2 Å². The minimum Gasteiger partial charge on any atom is -0.338 e. The second-order valence-corrected chi connectivity index (χ2v) is 5.90. The van der Waals surface area contributed by atoms with Crippen LogP contribution in [-0.2, 0) is 0 Å². The normalized spacial score (nSPS) is 10.6. The molecule has 0 amide bonds. The van der Waals surface area contributed by atoms with Gasteiger partial charge in [0, 0.05) is 14.5 Å². The van der Waals surface area contributed by atoms with Crippen LogP contribution in [0, 0.1) is 0 Å². The summed E-state index contributed by atoms with van der Waals surface area (Å²) in [4.78, 5) is 7.80. The Morgan fingerprint density at radius 3 is 2.37 bits per heavy atom. The van der Waals surface area contributed by atoms with Gasteiger partial charge >= 0.3 is 0 Å². The van der Waals surface area contributed by atoms with Crippen molar-refractivity contribution in [1.82, 2.24) is 9.97 Å². The van der Waals surface area contributed by atoms with Gasteiger partial charge in [0.25, 0.3) is 0 Å². The van der Waals surface area contributed by atoms with Crippen molar-refractivity contribution in [3.05, 3.63) is 63.7 Å². The number of imidazole rings is 1. The third-order valence-corrected chi connectivity index (χ3v) is 4.08. The predicted octanol–water partition coefficient (Wildman–Crippen LogP) is 5.27. The van der Waals surface area contributed by atoms with Crippen molar-refractivity contribution in [3.8, 4) is 22.6 Å². The van der Waals surface area contributed by atoms with E-state index in [4.69, 9.17) is 0 Å². The molecule has 3 rings (SSSR count). The van der Waals surface area contributed by atoms with Crippen molar-refractivity contribution >= 4 is 31.9 Å². The molecule has 0 spiro atoms. The SMILES string of the molecule is Brc1ccc(-c2cnc(-c3ccccc3Br)[nH]2)cc1. The quantitative estimate of drug-likeness (QED) is 0.647. The number of aromatic nitrogens is 2. The maximum atomic E-state index is 4.45. The molecule has 1 heterocycles. The van der Waals surface area contributed by atoms with Gasteiger partial charge in [0.2, 0.25) is 0 Å². The number of nitrogens with zero attached hydrogens (tertiary/aromatic N) is 1. The number of H-pyrrole nitrogens is 1. The third kappa shape index (κ3) is 2.65. The van der Waals surface area contributed by atoms with E-state index in [9.17, 15) is 0 Å². The third-order valence-electron chi connectivity index (χ3n) is 2.86. The Morgan fingerprint density at radius 2 is 1.63 bits per heavy atom. The number of halogens is 2. The van der Waals surface area contributed by atoms with Crippen LogP contribution in [0.5, 0.6) is 0 Å². The van der Waals surface area contributed by atoms with E-state index in [0.29, 0.717) is 0 Å². The van der Waals surface area contributed by atoms with E-state index in [1.165, 1.54) is 0 Å². The lowest BCUT2D eigenvalue weighted by molar-refractivity contribution is 1.30. The average molecular weight is 378 g/mol. The summed E-state index contributed by atoms with van der Waals surface area (Å²) in [5.74, 6) is 0.866. The van der Waals surface area contributed by atoms with Crippen LogP contribution in [0.2, 0.25) is 0 Å². The van der Waals surface area contributed by atoms with E-state index in [1.54, 1.807) is 0 Å². The van der Waals surface area contributed by atoms with Gasteiger partial charge in [0.15, 0.2) is 0 Å². The fraction of sp³-hybridized carbons (Fsp3) is 0. The van der Waals surface area contributed by atoms with Crippen molar-refractivity contribution in [1.29, 1.82) is 0 Å². The first kappa shape index (κ1) is 12.6. The molecule has 0 aliphatic rings. The zero-order valence-corrected chi connectivity index (χ0v) is 13.1. The minimum absolute atomic E-state index is 0.866. The Bertz CT molecular complexity index is 702. The van der Waals surface area contributed by atoms with Gasteiger partial charge in [-0.25, -0.2) is 4.98 Å². The van der Waals surface area contributed by atoms with Crippen LogP contribution in [0.1, 0.15) is 0 Å². The first-order valence-electron chi connectivity index (χ1n) is 5.80. The highest BCUT2D eigenvalue weighted by molar-refractivity contribution is 9.10. The van der Waals surface area contributed by atoms with Crippen molar-refractivity contribution in [2.75, 3.05) is 0 Å². The molecule has 0 radical (unpaired) electrons. The average Bonchev–Trinajstić information content (AvgIpc) is 2.89. The van der Waals surface area contributed by atoms with E-state index in [2.05, 4.69) is 54.0 Å². The summed E-state index contributed by atoms with van der Waals surface area (Å²) >= 11 is 6.98. The summed E-state index contributed by atoms with van der Waals surface area (Å²) in [6.45, 7) is 0. The molecular weight excluding hydrogens is 368 g/mol. The standard InChI is InChI=1S/C15H10Br2N2/c16-11-7-5-10(6-8-11)14-9-18-15(19-14)12-3-1-2-4-13(12)17/h1-9H,(H,18,19). The number of nitrogens with one attached hydrogen (secondary N) is 1. The second-order valence-electron chi connectivity index (χ2n) is 4.13. The molecule has 0 fully saturated rings. The molecule has 4 heteroatoms. The monoisotopic (exact) mass is 376 g/mol. The van der Waals surface area contributed by atoms with Crippen LogP contribution in [0.15, 0.2) is 63.7 Å². The largest absolute Gasteiger partial charge is 0.338 e. The molecule has 0 atom stereocenters. The molecule has 0 bridgehead atoms. The molecule has 2 aromatic carbocycles. The highest BCUT2D eigenvalue weighted by Gasteiger charge is 2.07. The van der Waals surface area contributed by atoms with Gasteiger partial charge < -0.3 is 4.98 Å². The van der Waals surface area contributed by atoms with Crippen molar-refractivity contribution in [2.45, 2.75) is 0 Å². The van der Waals surface area contributed by atoms with Crippen molar-refractivity contribution < 1.29 is 0 Å². The Hall–Kier alpha value is -1.39. The lowest BCUT2D eigenvalue weighted by Crippen LogP contribution is -1.82. The fourth-order valence-electron chi connectivity index (χ4n) is 1.89. The Morgan fingerprint density at radius 1 is 0.895 bits per heavy atom. The van der Waals surface area contributed by atoms with Crippen LogP contribution in [0.3, 0.4) is 0 Å². The Labute approximate surface area is 128 Å². The zero-order valence-electron chi connectivity index (χ0n) is 9.90. The molecule has 1 aromatic heterocycles. The number of hydrogen-bond acceptors (Lipinski definition) is 1. The predicted molar refractivity (Wildman–Crippen MR) is 84.9 cm³/mol. The highest BCUT2D eigenvalue weighted by Crippen LogP contribution is 2.28. The van der Waals surface area contributed by atoms with Gasteiger partial charge in [0.1, 0.15) is 5.82 Å². The number of rotatable bonds is 2. The Kier molecular flexibility index (Phi) is 3.53. The summed E-state index contributed by atoms with van der Waals surface area (Å²) in [6, 6.07) is 16.2. The van der Waals surface area contributed by atoms with E-state index in [1.807, 2.05) is 42.6 Å². The molecule has 2 nitrogen and oxygen atoms in total. The van der Waals surface area contributed by atoms with Gasteiger partial charge in [-0.2, -0.15) is 0 Å². The zero-order chi connectivity index (χ0) is 13.2. The summed E-state index contributed by atoms with van der Waals surface area (Å²) in [7, 11) is 0. The molecule has 19 heavy (non-hydrogen) atoms. The maximum absolute atomic E-state index is 4.45. The van der Waals surface area contributed by atoms with Gasteiger partial charge in [-0.15, -0.1) is 0 Å². The van der Waals surface area contributed by atoms with Gasteiger partial charge in [-0.3, -0.25) is 0 Å². The van der Waals surface area contributed by atoms with Crippen LogP contribution in [0.4, 0.5) is 0 Å². The van der Waals surface area contributed by atoms with E-state index in [0.717, 1.165) is 31.6 Å². The van der Waals surface area contributed by atoms with Gasteiger partial charge in [0.05, 0.1) is 11.9 Å². The first-order valence-corrected chi connectivity index (χ1v) is 7.38. The molecule has 0 saturated heterocycles. The molecule has 0 aliphatic carbocycles. The molecule has 94 valence electrons. The molecule has 0 saturated carbocycles. The van der Waals surface area contributed by atoms with Gasteiger partial charge in [-0.05, 0) is 23.8 Å². The summed E-state index contributed by atoms with van der Waals surface area (Å²) in [6.07, 6.45) is 1.86. The maximum Gasteiger partial charge on any atom is 0.138 e. The fourth-order valence-corrected chi connectivity index (χ4v) is 2.62. The molecule has 3 aromatic rings. The number of hydrogen-bond donors (Lipinski definition) is 1. The summed E-state index contributed by atoms with van der Waals surface area (Å²) in [5.41, 5.74) is 3.19. The van der Waals surface area contributed by atoms with Crippen molar-refractivity contribution in [3.63, 3.8) is 0 Å². The van der Waals surface area contributed by atoms with Crippen LogP contribution in [0.25, 0.3) is 22.6 Å². The van der Waals surface area contributed by atoms with E-state index < -0.39 is 0 Å².